The number of carbonyl (C=O) groups is 3. The van der Waals surface area contributed by atoms with Gasteiger partial charge in [-0.15, -0.1) is 10.2 Å². The second-order valence-electron chi connectivity index (χ2n) is 10.3. The molecule has 0 aliphatic carbocycles. The smallest absolute Gasteiger partial charge is 0.409 e. The summed E-state index contributed by atoms with van der Waals surface area (Å²) in [5, 5.41) is 8.92. The molecule has 0 radical (unpaired) electrons. The van der Waals surface area contributed by atoms with Gasteiger partial charge in [-0.2, -0.15) is 0 Å². The van der Waals surface area contributed by atoms with Crippen LogP contribution in [-0.2, 0) is 32.3 Å². The van der Waals surface area contributed by atoms with Gasteiger partial charge in [-0.1, -0.05) is 75.9 Å². The second kappa shape index (κ2) is 21.8. The van der Waals surface area contributed by atoms with Crippen molar-refractivity contribution in [1.29, 1.82) is 0 Å². The molecule has 0 aliphatic rings. The van der Waals surface area contributed by atoms with Crippen molar-refractivity contribution >= 4 is 23.9 Å². The highest BCUT2D eigenvalue weighted by Crippen LogP contribution is 2.24. The summed E-state index contributed by atoms with van der Waals surface area (Å²) >= 11 is 0. The predicted octanol–water partition coefficient (Wildman–Crippen LogP) is 5.00. The van der Waals surface area contributed by atoms with E-state index >= 15 is 0 Å². The minimum Gasteiger partial charge on any atom is -0.443 e. The number of unbranched alkanes of at least 4 members (excludes halogenated alkanes) is 3. The maximum absolute atomic E-state index is 12.5. The third-order valence-electron chi connectivity index (χ3n) is 6.63. The Morgan fingerprint density at radius 2 is 1.65 bits per heavy atom. The Kier molecular flexibility index (Phi) is 18.9. The van der Waals surface area contributed by atoms with E-state index in [0.717, 1.165) is 61.3 Å². The number of ether oxygens (including phenoxy) is 2. The van der Waals surface area contributed by atoms with Gasteiger partial charge in [0, 0.05) is 19.5 Å². The van der Waals surface area contributed by atoms with Gasteiger partial charge in [0.1, 0.15) is 18.2 Å². The topological polar surface area (TPSA) is 155 Å². The van der Waals surface area contributed by atoms with Crippen molar-refractivity contribution in [2.24, 2.45) is 11.5 Å². The van der Waals surface area contributed by atoms with Crippen LogP contribution in [0.4, 0.5) is 4.79 Å². The van der Waals surface area contributed by atoms with Crippen LogP contribution in [-0.4, -0.2) is 64.0 Å². The number of fused-ring (bicyclic) bond motifs is 1. The summed E-state index contributed by atoms with van der Waals surface area (Å²) in [5.74, 6) is 1.00. The van der Waals surface area contributed by atoms with Crippen LogP contribution in [0.15, 0.2) is 48.5 Å². The number of nitrogens with two attached hydrogens (primary N) is 2. The molecule has 3 rings (SSSR count). The zero-order valence-corrected chi connectivity index (χ0v) is 26.4. The van der Waals surface area contributed by atoms with Crippen molar-refractivity contribution in [3.05, 3.63) is 65.6 Å². The lowest BCUT2D eigenvalue weighted by Crippen LogP contribution is -2.28. The molecule has 2 aromatic heterocycles. The Morgan fingerprint density at radius 3 is 2.26 bits per heavy atom. The molecule has 43 heavy (non-hydrogen) atoms. The van der Waals surface area contributed by atoms with Crippen molar-refractivity contribution in [2.45, 2.75) is 91.4 Å². The predicted molar refractivity (Wildman–Crippen MR) is 168 cm³/mol. The van der Waals surface area contributed by atoms with Crippen LogP contribution >= 0.6 is 0 Å². The zero-order valence-electron chi connectivity index (χ0n) is 26.4. The van der Waals surface area contributed by atoms with Crippen LogP contribution in [0.1, 0.15) is 89.2 Å². The molecule has 2 heterocycles. The van der Waals surface area contributed by atoms with Crippen LogP contribution < -0.4 is 11.5 Å². The SMILES string of the molecule is CC(=O)C(C)N.CCCCCN(C)C(=O)OCc1cccc2nnc(C(CCCC)COCc3ccccc3)n12.NC=O. The molecule has 0 aliphatic heterocycles. The molecule has 2 atom stereocenters. The minimum absolute atomic E-state index is 0.0370. The largest absolute Gasteiger partial charge is 0.443 e. The summed E-state index contributed by atoms with van der Waals surface area (Å²) < 4.78 is 13.8. The molecule has 1 aromatic carbocycles. The monoisotopic (exact) mass is 598 g/mol. The average molecular weight is 599 g/mol. The van der Waals surface area contributed by atoms with E-state index in [0.29, 0.717) is 19.8 Å². The number of aromatic nitrogens is 3. The number of hydrogen-bond acceptors (Lipinski definition) is 8. The number of hydrogen-bond donors (Lipinski definition) is 2. The van der Waals surface area contributed by atoms with Gasteiger partial charge >= 0.3 is 6.09 Å². The third kappa shape index (κ3) is 14.3. The fourth-order valence-corrected chi connectivity index (χ4v) is 3.97. The van der Waals surface area contributed by atoms with Crippen LogP contribution in [0, 0.1) is 0 Å². The van der Waals surface area contributed by atoms with Crippen LogP contribution in [0.25, 0.3) is 5.65 Å². The molecule has 0 saturated carbocycles. The number of primary amides is 1. The van der Waals surface area contributed by atoms with Gasteiger partial charge in [0.15, 0.2) is 5.65 Å². The van der Waals surface area contributed by atoms with E-state index in [-0.39, 0.29) is 36.9 Å². The first-order valence-corrected chi connectivity index (χ1v) is 14.9. The van der Waals surface area contributed by atoms with Gasteiger partial charge in [-0.3, -0.25) is 14.0 Å². The summed E-state index contributed by atoms with van der Waals surface area (Å²) in [6.07, 6.45) is 6.28. The molecule has 4 N–H and O–H groups in total. The lowest BCUT2D eigenvalue weighted by molar-refractivity contribution is -0.117. The van der Waals surface area contributed by atoms with E-state index < -0.39 is 0 Å². The lowest BCUT2D eigenvalue weighted by atomic mass is 10.0. The van der Waals surface area contributed by atoms with Gasteiger partial charge < -0.3 is 25.8 Å². The molecule has 2 unspecified atom stereocenters. The van der Waals surface area contributed by atoms with E-state index in [9.17, 15) is 9.59 Å². The number of carbonyl (C=O) groups excluding carboxylic acids is 3. The van der Waals surface area contributed by atoms with Crippen LogP contribution in [0.5, 0.6) is 0 Å². The first-order chi connectivity index (χ1) is 20.7. The molecule has 2 amide bonds. The molecule has 0 spiro atoms. The van der Waals surface area contributed by atoms with E-state index in [1.54, 1.807) is 18.9 Å². The zero-order chi connectivity index (χ0) is 32.0. The summed E-state index contributed by atoms with van der Waals surface area (Å²) in [5.41, 5.74) is 12.0. The lowest BCUT2D eigenvalue weighted by Gasteiger charge is -2.19. The molecular formula is C32H50N6O5. The Morgan fingerprint density at radius 1 is 1.00 bits per heavy atom. The van der Waals surface area contributed by atoms with Crippen molar-refractivity contribution in [1.82, 2.24) is 19.5 Å². The quantitative estimate of drug-likeness (QED) is 0.183. The van der Waals surface area contributed by atoms with E-state index in [4.69, 9.17) is 20.0 Å². The fraction of sp³-hybridized carbons (Fsp3) is 0.531. The van der Waals surface area contributed by atoms with Gasteiger partial charge in [0.25, 0.3) is 0 Å². The van der Waals surface area contributed by atoms with Crippen molar-refractivity contribution < 1.29 is 23.9 Å². The maximum atomic E-state index is 12.5. The van der Waals surface area contributed by atoms with Crippen LogP contribution in [0.2, 0.25) is 0 Å². The highest BCUT2D eigenvalue weighted by atomic mass is 16.6. The van der Waals surface area contributed by atoms with Crippen molar-refractivity contribution in [3.63, 3.8) is 0 Å². The van der Waals surface area contributed by atoms with E-state index in [1.807, 2.05) is 40.8 Å². The number of ketones is 1. The average Bonchev–Trinajstić information content (AvgIpc) is 3.43. The first kappa shape index (κ1) is 37.2. The van der Waals surface area contributed by atoms with Crippen molar-refractivity contribution in [2.75, 3.05) is 20.2 Å². The van der Waals surface area contributed by atoms with Gasteiger partial charge in [0.05, 0.1) is 24.9 Å². The highest BCUT2D eigenvalue weighted by Gasteiger charge is 2.21. The maximum Gasteiger partial charge on any atom is 0.409 e. The Hall–Kier alpha value is -3.83. The van der Waals surface area contributed by atoms with E-state index in [2.05, 4.69) is 41.9 Å². The summed E-state index contributed by atoms with van der Waals surface area (Å²) in [6, 6.07) is 15.7. The second-order valence-corrected chi connectivity index (χ2v) is 10.3. The number of benzene rings is 1. The fourth-order valence-electron chi connectivity index (χ4n) is 3.97. The molecule has 11 heteroatoms. The van der Waals surface area contributed by atoms with Gasteiger partial charge in [-0.25, -0.2) is 4.79 Å². The number of amides is 2. The van der Waals surface area contributed by atoms with Crippen molar-refractivity contribution in [3.8, 4) is 0 Å². The van der Waals surface area contributed by atoms with Gasteiger partial charge in [-0.05, 0) is 44.4 Å². The minimum atomic E-state index is -0.309. The summed E-state index contributed by atoms with van der Waals surface area (Å²) in [4.78, 5) is 32.7. The first-order valence-electron chi connectivity index (χ1n) is 14.9. The molecule has 0 fully saturated rings. The Bertz CT molecular complexity index is 1200. The van der Waals surface area contributed by atoms with E-state index in [1.165, 1.54) is 6.92 Å². The Labute approximate surface area is 255 Å². The Balaban J connectivity index is 0.000000900. The number of Topliss-reactive ketones (excluding diaryl/α,β-unsaturated/α-hetero) is 1. The molecule has 0 bridgehead atoms. The third-order valence-corrected chi connectivity index (χ3v) is 6.63. The van der Waals surface area contributed by atoms with Gasteiger partial charge in [0.2, 0.25) is 6.41 Å². The normalized spacial score (nSPS) is 11.8. The molecule has 11 nitrogen and oxygen atoms in total. The molecule has 238 valence electrons. The molecule has 3 aromatic rings. The van der Waals surface area contributed by atoms with Crippen LogP contribution in [0.3, 0.4) is 0 Å². The molecule has 0 saturated heterocycles. The number of rotatable bonds is 15. The number of nitrogens with zero attached hydrogens (tertiary/aromatic N) is 4. The summed E-state index contributed by atoms with van der Waals surface area (Å²) in [6.45, 7) is 9.48. The summed E-state index contributed by atoms with van der Waals surface area (Å²) in [7, 11) is 1.79. The molecular weight excluding hydrogens is 548 g/mol. The standard InChI is InChI=1S/C27H38N4O3.C4H9NO.CH3NO/c1-4-6-11-18-30(3)27(32)34-21-24-16-12-17-25-28-29-26(31(24)25)23(15-7-5-2)20-33-19-22-13-9-8-10-14-22;1-3(5)4(2)6;2-1-3/h8-10,12-14,16-17,23H,4-7,11,15,18-21H2,1-3H3;3H,5H2,1-2H3;1H,(H2,2,3). The number of pyridine rings is 1. The highest BCUT2D eigenvalue weighted by molar-refractivity contribution is 5.80.